The molecule has 1 aliphatic carbocycles. The molecule has 3 nitrogen and oxygen atoms in total. The second-order valence-electron chi connectivity index (χ2n) is 4.99. The van der Waals surface area contributed by atoms with Gasteiger partial charge in [0, 0.05) is 16.9 Å². The summed E-state index contributed by atoms with van der Waals surface area (Å²) in [6.07, 6.45) is 2.05. The van der Waals surface area contributed by atoms with Gasteiger partial charge in [-0.1, -0.05) is 18.2 Å². The molecule has 1 fully saturated rings. The van der Waals surface area contributed by atoms with E-state index in [9.17, 15) is 4.79 Å². The highest BCUT2D eigenvalue weighted by atomic mass is 32.2. The molecule has 0 saturated heterocycles. The smallest absolute Gasteiger partial charge is 0.230 e. The normalized spacial score (nSPS) is 16.3. The summed E-state index contributed by atoms with van der Waals surface area (Å²) in [5.41, 5.74) is 1.19. The lowest BCUT2D eigenvalue weighted by Crippen LogP contribution is -2.32. The van der Waals surface area contributed by atoms with Crippen molar-refractivity contribution in [1.29, 1.82) is 0 Å². The Labute approximate surface area is 112 Å². The molecule has 1 aromatic carbocycles. The molecule has 0 unspecified atom stereocenters. The Morgan fingerprint density at radius 2 is 2.17 bits per heavy atom. The van der Waals surface area contributed by atoms with Crippen LogP contribution in [0, 0.1) is 12.3 Å². The Hall–Kier alpha value is -1.00. The number of nitrogens with one attached hydrogen (secondary N) is 1. The fourth-order valence-corrected chi connectivity index (χ4v) is 2.63. The largest absolute Gasteiger partial charge is 0.396 e. The molecule has 0 aliphatic heterocycles. The first-order valence-corrected chi connectivity index (χ1v) is 7.20. The zero-order valence-electron chi connectivity index (χ0n) is 10.6. The van der Waals surface area contributed by atoms with Crippen molar-refractivity contribution in [3.8, 4) is 0 Å². The van der Waals surface area contributed by atoms with E-state index in [4.69, 9.17) is 5.11 Å². The number of benzene rings is 1. The van der Waals surface area contributed by atoms with E-state index in [1.54, 1.807) is 11.8 Å². The van der Waals surface area contributed by atoms with Crippen LogP contribution in [0.4, 0.5) is 0 Å². The zero-order chi connectivity index (χ0) is 13.0. The Kier molecular flexibility index (Phi) is 4.30. The van der Waals surface area contributed by atoms with Gasteiger partial charge in [0.05, 0.1) is 12.4 Å². The summed E-state index contributed by atoms with van der Waals surface area (Å²) >= 11 is 1.56. The van der Waals surface area contributed by atoms with Crippen LogP contribution >= 0.6 is 11.8 Å². The van der Waals surface area contributed by atoms with E-state index in [1.807, 2.05) is 31.2 Å². The summed E-state index contributed by atoms with van der Waals surface area (Å²) in [5, 5.41) is 12.1. The molecule has 1 aliphatic rings. The van der Waals surface area contributed by atoms with Gasteiger partial charge in [0.1, 0.15) is 0 Å². The van der Waals surface area contributed by atoms with Crippen molar-refractivity contribution in [2.45, 2.75) is 24.7 Å². The molecule has 4 heteroatoms. The molecule has 0 aromatic heterocycles. The summed E-state index contributed by atoms with van der Waals surface area (Å²) in [6.45, 7) is 2.83. The SMILES string of the molecule is Cc1ccccc1SCC(=O)NCC1(CO)CC1. The first-order valence-electron chi connectivity index (χ1n) is 6.21. The lowest BCUT2D eigenvalue weighted by molar-refractivity contribution is -0.118. The fraction of sp³-hybridized carbons (Fsp3) is 0.500. The van der Waals surface area contributed by atoms with Crippen molar-refractivity contribution in [1.82, 2.24) is 5.32 Å². The van der Waals surface area contributed by atoms with Crippen LogP contribution in [0.2, 0.25) is 0 Å². The van der Waals surface area contributed by atoms with E-state index in [-0.39, 0.29) is 17.9 Å². The van der Waals surface area contributed by atoms with Crippen molar-refractivity contribution in [2.75, 3.05) is 18.9 Å². The van der Waals surface area contributed by atoms with Gasteiger partial charge in [-0.25, -0.2) is 0 Å². The van der Waals surface area contributed by atoms with Crippen molar-refractivity contribution in [2.24, 2.45) is 5.41 Å². The Balaban J connectivity index is 1.74. The number of carbonyl (C=O) groups excluding carboxylic acids is 1. The summed E-state index contributed by atoms with van der Waals surface area (Å²) in [5.74, 6) is 0.481. The van der Waals surface area contributed by atoms with Crippen LogP contribution in [0.15, 0.2) is 29.2 Å². The third-order valence-electron chi connectivity index (χ3n) is 3.41. The highest BCUT2D eigenvalue weighted by Crippen LogP contribution is 2.44. The number of aryl methyl sites for hydroxylation is 1. The number of hydrogen-bond acceptors (Lipinski definition) is 3. The van der Waals surface area contributed by atoms with Crippen LogP contribution in [0.1, 0.15) is 18.4 Å². The average Bonchev–Trinajstić information content (AvgIpc) is 3.16. The molecule has 98 valence electrons. The van der Waals surface area contributed by atoms with Crippen molar-refractivity contribution >= 4 is 17.7 Å². The highest BCUT2D eigenvalue weighted by molar-refractivity contribution is 8.00. The minimum atomic E-state index is -0.0109. The third-order valence-corrected chi connectivity index (χ3v) is 4.58. The second-order valence-corrected chi connectivity index (χ2v) is 6.01. The van der Waals surface area contributed by atoms with Gasteiger partial charge in [0.2, 0.25) is 5.91 Å². The molecule has 0 radical (unpaired) electrons. The summed E-state index contributed by atoms with van der Waals surface area (Å²) in [4.78, 5) is 12.9. The first kappa shape index (κ1) is 13.4. The molecule has 0 spiro atoms. The number of carbonyl (C=O) groups is 1. The number of thioether (sulfide) groups is 1. The Morgan fingerprint density at radius 1 is 1.44 bits per heavy atom. The maximum absolute atomic E-state index is 11.7. The van der Waals surface area contributed by atoms with Gasteiger partial charge in [-0.05, 0) is 31.4 Å². The minimum absolute atomic E-state index is 0.0109. The number of rotatable bonds is 6. The van der Waals surface area contributed by atoms with E-state index in [2.05, 4.69) is 5.32 Å². The van der Waals surface area contributed by atoms with Gasteiger partial charge in [-0.15, -0.1) is 11.8 Å². The van der Waals surface area contributed by atoms with Gasteiger partial charge in [0.25, 0.3) is 0 Å². The molecular weight excluding hydrogens is 246 g/mol. The van der Waals surface area contributed by atoms with Crippen LogP contribution < -0.4 is 5.32 Å². The average molecular weight is 265 g/mol. The lowest BCUT2D eigenvalue weighted by Gasteiger charge is -2.12. The van der Waals surface area contributed by atoms with Gasteiger partial charge < -0.3 is 10.4 Å². The van der Waals surface area contributed by atoms with Crippen LogP contribution in [0.5, 0.6) is 0 Å². The number of aliphatic hydroxyl groups is 1. The van der Waals surface area contributed by atoms with Crippen LogP contribution in [-0.2, 0) is 4.79 Å². The summed E-state index contributed by atoms with van der Waals surface area (Å²) < 4.78 is 0. The maximum atomic E-state index is 11.7. The molecule has 2 N–H and O–H groups in total. The third kappa shape index (κ3) is 3.50. The minimum Gasteiger partial charge on any atom is -0.396 e. The van der Waals surface area contributed by atoms with E-state index >= 15 is 0 Å². The lowest BCUT2D eigenvalue weighted by atomic mass is 10.1. The Bertz CT molecular complexity index is 430. The fourth-order valence-electron chi connectivity index (χ4n) is 1.77. The zero-order valence-corrected chi connectivity index (χ0v) is 11.4. The van der Waals surface area contributed by atoms with Gasteiger partial charge >= 0.3 is 0 Å². The van der Waals surface area contributed by atoms with Gasteiger partial charge in [0.15, 0.2) is 0 Å². The standard InChI is InChI=1S/C14H19NO2S/c1-11-4-2-3-5-12(11)18-8-13(17)15-9-14(10-16)6-7-14/h2-5,16H,6-10H2,1H3,(H,15,17). The molecular formula is C14H19NO2S. The van der Waals surface area contributed by atoms with Crippen molar-refractivity contribution in [3.05, 3.63) is 29.8 Å². The second kappa shape index (κ2) is 5.76. The molecule has 18 heavy (non-hydrogen) atoms. The molecule has 2 rings (SSSR count). The molecule has 0 atom stereocenters. The number of hydrogen-bond donors (Lipinski definition) is 2. The molecule has 1 amide bonds. The van der Waals surface area contributed by atoms with E-state index in [0.29, 0.717) is 12.3 Å². The number of amides is 1. The summed E-state index contributed by atoms with van der Waals surface area (Å²) in [6, 6.07) is 8.06. The summed E-state index contributed by atoms with van der Waals surface area (Å²) in [7, 11) is 0. The van der Waals surface area contributed by atoms with E-state index in [1.165, 1.54) is 5.56 Å². The monoisotopic (exact) mass is 265 g/mol. The van der Waals surface area contributed by atoms with Crippen LogP contribution in [-0.4, -0.2) is 29.9 Å². The van der Waals surface area contributed by atoms with E-state index < -0.39 is 0 Å². The molecule has 0 bridgehead atoms. The highest BCUT2D eigenvalue weighted by Gasteiger charge is 2.41. The molecule has 0 heterocycles. The van der Waals surface area contributed by atoms with Gasteiger partial charge in [-0.3, -0.25) is 4.79 Å². The van der Waals surface area contributed by atoms with E-state index in [0.717, 1.165) is 17.7 Å². The first-order chi connectivity index (χ1) is 8.65. The molecule has 1 aromatic rings. The van der Waals surface area contributed by atoms with Crippen molar-refractivity contribution in [3.63, 3.8) is 0 Å². The van der Waals surface area contributed by atoms with Crippen LogP contribution in [0.3, 0.4) is 0 Å². The predicted octanol–water partition coefficient (Wildman–Crippen LogP) is 1.98. The van der Waals surface area contributed by atoms with Crippen LogP contribution in [0.25, 0.3) is 0 Å². The van der Waals surface area contributed by atoms with Crippen molar-refractivity contribution < 1.29 is 9.90 Å². The molecule has 1 saturated carbocycles. The quantitative estimate of drug-likeness (QED) is 0.773. The maximum Gasteiger partial charge on any atom is 0.230 e. The predicted molar refractivity (Wildman–Crippen MR) is 73.7 cm³/mol. The number of aliphatic hydroxyl groups excluding tert-OH is 1. The van der Waals surface area contributed by atoms with Gasteiger partial charge in [-0.2, -0.15) is 0 Å². The topological polar surface area (TPSA) is 49.3 Å². The Morgan fingerprint density at radius 3 is 2.78 bits per heavy atom.